The molecule has 1 fully saturated rings. The minimum absolute atomic E-state index is 0.0617. The van der Waals surface area contributed by atoms with Crippen molar-refractivity contribution in [2.24, 2.45) is 5.73 Å². The highest BCUT2D eigenvalue weighted by atomic mass is 16.5. The van der Waals surface area contributed by atoms with Gasteiger partial charge in [0.2, 0.25) is 0 Å². The van der Waals surface area contributed by atoms with Gasteiger partial charge in [-0.05, 0) is 19.3 Å². The lowest BCUT2D eigenvalue weighted by molar-refractivity contribution is -0.0351. The van der Waals surface area contributed by atoms with E-state index in [1.165, 1.54) is 51.4 Å². The van der Waals surface area contributed by atoms with E-state index in [-0.39, 0.29) is 5.60 Å². The summed E-state index contributed by atoms with van der Waals surface area (Å²) >= 11 is 0. The van der Waals surface area contributed by atoms with Crippen LogP contribution in [-0.4, -0.2) is 18.8 Å². The highest BCUT2D eigenvalue weighted by Gasteiger charge is 2.32. The Morgan fingerprint density at radius 2 is 1.86 bits per heavy atom. The maximum absolute atomic E-state index is 5.96. The largest absolute Gasteiger partial charge is 0.374 e. The summed E-state index contributed by atoms with van der Waals surface area (Å²) in [5.41, 5.74) is 5.85. The van der Waals surface area contributed by atoms with Crippen LogP contribution >= 0.6 is 0 Å². The van der Waals surface area contributed by atoms with Crippen molar-refractivity contribution < 1.29 is 4.74 Å². The molecular formula is C12H25NO. The zero-order chi connectivity index (χ0) is 10.3. The van der Waals surface area contributed by atoms with Gasteiger partial charge < -0.3 is 10.5 Å². The summed E-state index contributed by atoms with van der Waals surface area (Å²) in [7, 11) is 0. The van der Waals surface area contributed by atoms with Crippen LogP contribution in [-0.2, 0) is 4.74 Å². The standard InChI is InChI=1S/C12H25NO/c1-2-3-4-7-10-14-12(11-13)8-5-6-9-12/h2-11,13H2,1H3. The monoisotopic (exact) mass is 199 g/mol. The first kappa shape index (κ1) is 12.0. The Morgan fingerprint density at radius 1 is 1.14 bits per heavy atom. The van der Waals surface area contributed by atoms with Gasteiger partial charge in [0, 0.05) is 13.2 Å². The SMILES string of the molecule is CCCCCCOC1(CN)CCCC1. The van der Waals surface area contributed by atoms with Crippen LogP contribution in [0.1, 0.15) is 58.3 Å². The molecule has 0 radical (unpaired) electrons. The van der Waals surface area contributed by atoms with Gasteiger partial charge in [-0.3, -0.25) is 0 Å². The Morgan fingerprint density at radius 3 is 2.43 bits per heavy atom. The highest BCUT2D eigenvalue weighted by molar-refractivity contribution is 4.87. The minimum atomic E-state index is 0.0617. The van der Waals surface area contributed by atoms with Crippen molar-refractivity contribution in [2.45, 2.75) is 63.9 Å². The van der Waals surface area contributed by atoms with Gasteiger partial charge in [0.1, 0.15) is 0 Å². The molecule has 2 heteroatoms. The van der Waals surface area contributed by atoms with E-state index in [1.54, 1.807) is 0 Å². The predicted molar refractivity (Wildman–Crippen MR) is 60.3 cm³/mol. The molecule has 1 aliphatic rings. The van der Waals surface area contributed by atoms with E-state index >= 15 is 0 Å². The first-order chi connectivity index (χ1) is 6.83. The van der Waals surface area contributed by atoms with Crippen molar-refractivity contribution in [2.75, 3.05) is 13.2 Å². The Kier molecular flexibility index (Phi) is 5.49. The molecule has 2 nitrogen and oxygen atoms in total. The number of ether oxygens (including phenoxy) is 1. The lowest BCUT2D eigenvalue weighted by atomic mass is 10.0. The minimum Gasteiger partial charge on any atom is -0.374 e. The van der Waals surface area contributed by atoms with Crippen LogP contribution in [0.3, 0.4) is 0 Å². The molecule has 0 heterocycles. The van der Waals surface area contributed by atoms with E-state index in [2.05, 4.69) is 6.92 Å². The number of hydrogen-bond donors (Lipinski definition) is 1. The van der Waals surface area contributed by atoms with Gasteiger partial charge >= 0.3 is 0 Å². The van der Waals surface area contributed by atoms with E-state index in [0.29, 0.717) is 6.54 Å². The molecule has 0 amide bonds. The van der Waals surface area contributed by atoms with Gasteiger partial charge in [0.15, 0.2) is 0 Å². The summed E-state index contributed by atoms with van der Waals surface area (Å²) in [4.78, 5) is 0. The number of unbranched alkanes of at least 4 members (excludes halogenated alkanes) is 3. The molecule has 14 heavy (non-hydrogen) atoms. The summed E-state index contributed by atoms with van der Waals surface area (Å²) < 4.78 is 5.96. The van der Waals surface area contributed by atoms with Gasteiger partial charge in [0.05, 0.1) is 5.60 Å². The lowest BCUT2D eigenvalue weighted by Crippen LogP contribution is -2.38. The Balaban J connectivity index is 2.08. The molecule has 0 saturated heterocycles. The summed E-state index contributed by atoms with van der Waals surface area (Å²) in [5, 5.41) is 0. The first-order valence-electron chi connectivity index (χ1n) is 6.17. The van der Waals surface area contributed by atoms with E-state index in [9.17, 15) is 0 Å². The van der Waals surface area contributed by atoms with Gasteiger partial charge in [0.25, 0.3) is 0 Å². The van der Waals surface area contributed by atoms with Crippen molar-refractivity contribution in [3.63, 3.8) is 0 Å². The van der Waals surface area contributed by atoms with Crippen LogP contribution in [0.5, 0.6) is 0 Å². The van der Waals surface area contributed by atoms with Crippen molar-refractivity contribution in [3.05, 3.63) is 0 Å². The van der Waals surface area contributed by atoms with E-state index in [1.807, 2.05) is 0 Å². The second-order valence-electron chi connectivity index (χ2n) is 4.50. The maximum Gasteiger partial charge on any atom is 0.0804 e. The molecule has 0 unspecified atom stereocenters. The predicted octanol–water partition coefficient (Wildman–Crippen LogP) is 2.85. The summed E-state index contributed by atoms with van der Waals surface area (Å²) in [5.74, 6) is 0. The normalized spacial score (nSPS) is 20.1. The number of hydrogen-bond acceptors (Lipinski definition) is 2. The van der Waals surface area contributed by atoms with Crippen molar-refractivity contribution >= 4 is 0 Å². The summed E-state index contributed by atoms with van der Waals surface area (Å²) in [6, 6.07) is 0. The maximum atomic E-state index is 5.96. The molecule has 1 saturated carbocycles. The molecule has 2 N–H and O–H groups in total. The van der Waals surface area contributed by atoms with Crippen LogP contribution in [0.25, 0.3) is 0 Å². The molecule has 0 aliphatic heterocycles. The molecule has 1 aliphatic carbocycles. The van der Waals surface area contributed by atoms with E-state index in [4.69, 9.17) is 10.5 Å². The molecule has 0 spiro atoms. The second-order valence-corrected chi connectivity index (χ2v) is 4.50. The fraction of sp³-hybridized carbons (Fsp3) is 1.00. The van der Waals surface area contributed by atoms with Crippen LogP contribution in [0.4, 0.5) is 0 Å². The molecule has 0 aromatic carbocycles. The molecule has 1 rings (SSSR count). The third-order valence-electron chi connectivity index (χ3n) is 3.29. The smallest absolute Gasteiger partial charge is 0.0804 e. The Labute approximate surface area is 88.2 Å². The molecule has 0 bridgehead atoms. The summed E-state index contributed by atoms with van der Waals surface area (Å²) in [6.07, 6.45) is 10.1. The van der Waals surface area contributed by atoms with Crippen molar-refractivity contribution in [3.8, 4) is 0 Å². The third kappa shape index (κ3) is 3.58. The molecule has 0 aromatic heterocycles. The van der Waals surface area contributed by atoms with Crippen molar-refractivity contribution in [1.29, 1.82) is 0 Å². The zero-order valence-electron chi connectivity index (χ0n) is 9.56. The summed E-state index contributed by atoms with van der Waals surface area (Å²) in [6.45, 7) is 3.86. The molecule has 84 valence electrons. The Bertz CT molecular complexity index is 141. The van der Waals surface area contributed by atoms with Crippen LogP contribution in [0.2, 0.25) is 0 Å². The van der Waals surface area contributed by atoms with Crippen LogP contribution in [0, 0.1) is 0 Å². The van der Waals surface area contributed by atoms with Gasteiger partial charge in [-0.1, -0.05) is 39.0 Å². The Hall–Kier alpha value is -0.0800. The number of nitrogens with two attached hydrogens (primary N) is 1. The van der Waals surface area contributed by atoms with Gasteiger partial charge in [-0.2, -0.15) is 0 Å². The van der Waals surface area contributed by atoms with Crippen LogP contribution in [0.15, 0.2) is 0 Å². The fourth-order valence-corrected chi connectivity index (χ4v) is 2.24. The van der Waals surface area contributed by atoms with Crippen LogP contribution < -0.4 is 5.73 Å². The van der Waals surface area contributed by atoms with E-state index < -0.39 is 0 Å². The topological polar surface area (TPSA) is 35.2 Å². The fourth-order valence-electron chi connectivity index (χ4n) is 2.24. The lowest BCUT2D eigenvalue weighted by Gasteiger charge is -2.27. The highest BCUT2D eigenvalue weighted by Crippen LogP contribution is 2.32. The van der Waals surface area contributed by atoms with Crippen molar-refractivity contribution in [1.82, 2.24) is 0 Å². The molecule has 0 atom stereocenters. The first-order valence-corrected chi connectivity index (χ1v) is 6.17. The van der Waals surface area contributed by atoms with Gasteiger partial charge in [-0.25, -0.2) is 0 Å². The molecule has 0 aromatic rings. The van der Waals surface area contributed by atoms with Gasteiger partial charge in [-0.15, -0.1) is 0 Å². The average Bonchev–Trinajstić information content (AvgIpc) is 2.67. The number of rotatable bonds is 7. The third-order valence-corrected chi connectivity index (χ3v) is 3.29. The molecular weight excluding hydrogens is 174 g/mol. The second kappa shape index (κ2) is 6.41. The average molecular weight is 199 g/mol. The quantitative estimate of drug-likeness (QED) is 0.640. The van der Waals surface area contributed by atoms with E-state index in [0.717, 1.165) is 6.61 Å². The zero-order valence-corrected chi connectivity index (χ0v) is 9.56.